The average molecular weight is 650 g/mol. The van der Waals surface area contributed by atoms with Crippen LogP contribution in [0.4, 0.5) is 57.1 Å². The minimum absolute atomic E-state index is 0. The number of rotatable bonds is 16. The maximum Gasteiger partial charge on any atom is 1.00 e. The second-order valence-electron chi connectivity index (χ2n) is 8.70. The van der Waals surface area contributed by atoms with Crippen LogP contribution in [0.2, 0.25) is 0 Å². The third kappa shape index (κ3) is 8.04. The first-order valence-electron chi connectivity index (χ1n) is 10.1. The van der Waals surface area contributed by atoms with E-state index < -0.39 is 100 Å². The molecule has 0 aromatic rings. The average Bonchev–Trinajstić information content (AvgIpc) is 2.72. The van der Waals surface area contributed by atoms with Crippen LogP contribution < -0.4 is 39.8 Å². The summed E-state index contributed by atoms with van der Waals surface area (Å²) in [5, 5.41) is 13.6. The normalized spacial score (nSPS) is 14.7. The Labute approximate surface area is 240 Å². The number of nitrogens with zero attached hydrogens (tertiary/aromatic N) is 2. The standard InChI is InChI=1S/C17H21F13N2O6S.Na/c1-32(2,9-5-11(35)36)8-3-6-31(7-4-10(33)34)39(37,38)17(29,30)15(24,25)13(20,21)12(18,19)14(22,23)16(26,27)28;/h3-9H2,1-2H3,(H-,33,34,35,36);/q;+1/p-1. The van der Waals surface area contributed by atoms with Crippen LogP contribution in [-0.4, -0.2) is 105 Å². The van der Waals surface area contributed by atoms with Gasteiger partial charge in [-0.2, -0.15) is 61.4 Å². The van der Waals surface area contributed by atoms with Crippen LogP contribution >= 0.6 is 0 Å². The molecule has 0 aromatic heterocycles. The van der Waals surface area contributed by atoms with E-state index in [4.69, 9.17) is 0 Å². The molecule has 0 aromatic carbocycles. The molecule has 8 nitrogen and oxygen atoms in total. The predicted octanol–water partition coefficient (Wildman–Crippen LogP) is -1.93. The predicted molar refractivity (Wildman–Crippen MR) is 97.0 cm³/mol. The number of hydrogen-bond donors (Lipinski definition) is 0. The van der Waals surface area contributed by atoms with Crippen molar-refractivity contribution in [1.29, 1.82) is 0 Å². The first-order chi connectivity index (χ1) is 16.9. The van der Waals surface area contributed by atoms with Gasteiger partial charge in [-0.3, -0.25) is 0 Å². The van der Waals surface area contributed by atoms with Crippen LogP contribution in [0.5, 0.6) is 0 Å². The Morgan fingerprint density at radius 1 is 0.675 bits per heavy atom. The smallest absolute Gasteiger partial charge is 0.550 e. The molecule has 23 heteroatoms. The van der Waals surface area contributed by atoms with Crippen LogP contribution in [0.3, 0.4) is 0 Å². The van der Waals surface area contributed by atoms with Crippen LogP contribution in [0.15, 0.2) is 0 Å². The molecular weight excluding hydrogens is 630 g/mol. The fourth-order valence-electron chi connectivity index (χ4n) is 2.83. The Kier molecular flexibility index (Phi) is 13.4. The van der Waals surface area contributed by atoms with E-state index in [9.17, 15) is 85.3 Å². The SMILES string of the molecule is C[N+](C)(CCCN(CCC(=O)[O-])S(=O)(=O)C(F)(F)C(F)(F)C(F)(F)C(F)(F)C(F)(F)C(F)(F)F)CCC(=O)[O-].[Na+]. The number of quaternary nitrogens is 1. The van der Waals surface area contributed by atoms with Gasteiger partial charge in [-0.15, -0.1) is 0 Å². The Bertz CT molecular complexity index is 1010. The van der Waals surface area contributed by atoms with Gasteiger partial charge < -0.3 is 24.3 Å². The fourth-order valence-corrected chi connectivity index (χ4v) is 4.31. The van der Waals surface area contributed by atoms with Gasteiger partial charge in [0.25, 0.3) is 10.0 Å². The number of aliphatic carboxylic acids is 2. The van der Waals surface area contributed by atoms with Gasteiger partial charge in [-0.25, -0.2) is 8.42 Å². The van der Waals surface area contributed by atoms with Crippen LogP contribution in [0, 0.1) is 0 Å². The van der Waals surface area contributed by atoms with Crippen molar-refractivity contribution in [3.05, 3.63) is 0 Å². The number of sulfonamides is 1. The zero-order chi connectivity index (χ0) is 31.7. The van der Waals surface area contributed by atoms with E-state index in [1.54, 1.807) is 0 Å². The third-order valence-electron chi connectivity index (χ3n) is 5.23. The second kappa shape index (κ2) is 13.0. The van der Waals surface area contributed by atoms with E-state index >= 15 is 0 Å². The van der Waals surface area contributed by atoms with Gasteiger partial charge in [-0.1, -0.05) is 0 Å². The van der Waals surface area contributed by atoms with Crippen molar-refractivity contribution in [2.24, 2.45) is 0 Å². The van der Waals surface area contributed by atoms with Crippen molar-refractivity contribution in [2.45, 2.75) is 54.4 Å². The molecule has 0 rings (SSSR count). The molecule has 40 heavy (non-hydrogen) atoms. The monoisotopic (exact) mass is 650 g/mol. The number of carbonyl (C=O) groups excluding carboxylic acids is 2. The van der Waals surface area contributed by atoms with Gasteiger partial charge in [0.05, 0.1) is 27.2 Å². The van der Waals surface area contributed by atoms with Crippen molar-refractivity contribution in [1.82, 2.24) is 4.31 Å². The van der Waals surface area contributed by atoms with Gasteiger partial charge >= 0.3 is 64.7 Å². The van der Waals surface area contributed by atoms with E-state index in [0.717, 1.165) is 0 Å². The summed E-state index contributed by atoms with van der Waals surface area (Å²) in [5.74, 6) is -36.7. The molecule has 0 amide bonds. The number of carboxylic acids is 2. The Hall–Kier alpha value is -1.10. The van der Waals surface area contributed by atoms with Gasteiger partial charge in [0.2, 0.25) is 0 Å². The maximum atomic E-state index is 14.4. The van der Waals surface area contributed by atoms with Crippen LogP contribution in [-0.2, 0) is 19.6 Å². The van der Waals surface area contributed by atoms with Crippen LogP contribution in [0.25, 0.3) is 0 Å². The summed E-state index contributed by atoms with van der Waals surface area (Å²) in [7, 11) is -4.87. The van der Waals surface area contributed by atoms with Crippen molar-refractivity contribution >= 4 is 22.0 Å². The molecule has 0 saturated heterocycles. The van der Waals surface area contributed by atoms with Gasteiger partial charge in [0, 0.05) is 44.3 Å². The summed E-state index contributed by atoms with van der Waals surface area (Å²) in [6.07, 6.45) is -10.6. The minimum atomic E-state index is -8.36. The maximum absolute atomic E-state index is 14.4. The van der Waals surface area contributed by atoms with Gasteiger partial charge in [0.1, 0.15) is 0 Å². The Balaban J connectivity index is 0. The van der Waals surface area contributed by atoms with E-state index in [2.05, 4.69) is 0 Å². The van der Waals surface area contributed by atoms with Gasteiger partial charge in [0.15, 0.2) is 0 Å². The number of alkyl halides is 13. The molecule has 0 aliphatic carbocycles. The van der Waals surface area contributed by atoms with Crippen LogP contribution in [0.1, 0.15) is 19.3 Å². The largest absolute Gasteiger partial charge is 1.00 e. The molecule has 0 aliphatic rings. The summed E-state index contributed by atoms with van der Waals surface area (Å²) in [4.78, 5) is 21.1. The number of carboxylic acid groups (broad SMARTS) is 2. The summed E-state index contributed by atoms with van der Waals surface area (Å²) in [6.45, 7) is -3.83. The number of hydrogen-bond acceptors (Lipinski definition) is 6. The molecule has 0 spiro atoms. The molecule has 0 bridgehead atoms. The zero-order valence-electron chi connectivity index (χ0n) is 20.6. The molecule has 0 radical (unpaired) electrons. The van der Waals surface area contributed by atoms with Gasteiger partial charge in [-0.05, 0) is 0 Å². The van der Waals surface area contributed by atoms with E-state index in [1.165, 1.54) is 14.1 Å². The molecule has 0 fully saturated rings. The molecule has 0 atom stereocenters. The molecule has 0 unspecified atom stereocenters. The molecule has 232 valence electrons. The van der Waals surface area contributed by atoms with E-state index in [-0.39, 0.29) is 40.6 Å². The van der Waals surface area contributed by atoms with Crippen molar-refractivity contribution in [2.75, 3.05) is 40.3 Å². The van der Waals surface area contributed by atoms with E-state index in [0.29, 0.717) is 0 Å². The van der Waals surface area contributed by atoms with Crippen molar-refractivity contribution in [3.8, 4) is 0 Å². The Morgan fingerprint density at radius 2 is 1.07 bits per heavy atom. The summed E-state index contributed by atoms with van der Waals surface area (Å²) in [6, 6.07) is 0. The van der Waals surface area contributed by atoms with Crippen molar-refractivity contribution < 1.29 is 119 Å². The molecule has 0 saturated carbocycles. The summed E-state index contributed by atoms with van der Waals surface area (Å²) >= 11 is 0. The first-order valence-corrected chi connectivity index (χ1v) is 11.5. The summed E-state index contributed by atoms with van der Waals surface area (Å²) in [5.41, 5.74) is 0. The number of halogens is 13. The van der Waals surface area contributed by atoms with Crippen molar-refractivity contribution in [3.63, 3.8) is 0 Å². The quantitative estimate of drug-likeness (QED) is 0.109. The second-order valence-corrected chi connectivity index (χ2v) is 10.7. The minimum Gasteiger partial charge on any atom is -0.550 e. The molecule has 0 heterocycles. The Morgan fingerprint density at radius 3 is 1.45 bits per heavy atom. The zero-order valence-corrected chi connectivity index (χ0v) is 23.4. The fraction of sp³-hybridized carbons (Fsp3) is 0.882. The first kappa shape index (κ1) is 41.0. The van der Waals surface area contributed by atoms with E-state index in [1.807, 2.05) is 0 Å². The third-order valence-corrected chi connectivity index (χ3v) is 7.18. The molecule has 0 N–H and O–H groups in total. The summed E-state index contributed by atoms with van der Waals surface area (Å²) < 4.78 is 197. The number of carbonyl (C=O) groups is 2. The molecular formula is C17H20F13N2NaO6S. The molecule has 0 aliphatic heterocycles. The topological polar surface area (TPSA) is 118 Å².